The monoisotopic (exact) mass is 328 g/mol. The Balaban J connectivity index is 1.98. The number of thiocarbonyl (C=S) groups is 1. The highest BCUT2D eigenvalue weighted by Gasteiger charge is 2.11. The zero-order valence-corrected chi connectivity index (χ0v) is 13.5. The summed E-state index contributed by atoms with van der Waals surface area (Å²) in [5.41, 5.74) is 1.66. The Labute approximate surface area is 140 Å². The fraction of sp³-hybridized carbons (Fsp3) is 0.111. The molecule has 5 heteroatoms. The van der Waals surface area contributed by atoms with E-state index in [1.807, 2.05) is 42.2 Å². The van der Waals surface area contributed by atoms with Crippen LogP contribution >= 0.6 is 12.2 Å². The predicted molar refractivity (Wildman–Crippen MR) is 95.6 cm³/mol. The quantitative estimate of drug-likeness (QED) is 0.685. The van der Waals surface area contributed by atoms with Crippen LogP contribution in [0.1, 0.15) is 12.5 Å². The lowest BCUT2D eigenvalue weighted by molar-refractivity contribution is -0.115. The number of halogens is 1. The van der Waals surface area contributed by atoms with Crippen LogP contribution in [0.5, 0.6) is 0 Å². The first-order chi connectivity index (χ1) is 11.1. The standard InChI is InChI=1S/C18H17FN2OS/c1-2-21(16-6-4-3-5-7-16)18(23)20-17(22)13-10-14-8-11-15(19)12-9-14/h3-13H,2H2,1H3,(H,20,22,23)/b13-10+. The van der Waals surface area contributed by atoms with E-state index in [4.69, 9.17) is 12.2 Å². The molecule has 3 nitrogen and oxygen atoms in total. The molecule has 0 atom stereocenters. The molecule has 2 aromatic carbocycles. The molecule has 0 unspecified atom stereocenters. The zero-order chi connectivity index (χ0) is 16.7. The van der Waals surface area contributed by atoms with Crippen molar-refractivity contribution in [1.82, 2.24) is 5.32 Å². The van der Waals surface area contributed by atoms with Gasteiger partial charge in [0, 0.05) is 18.3 Å². The number of benzene rings is 2. The van der Waals surface area contributed by atoms with Crippen LogP contribution < -0.4 is 10.2 Å². The maximum absolute atomic E-state index is 12.8. The SMILES string of the molecule is CCN(C(=S)NC(=O)/C=C/c1ccc(F)cc1)c1ccccc1. The van der Waals surface area contributed by atoms with E-state index in [-0.39, 0.29) is 11.7 Å². The van der Waals surface area contributed by atoms with E-state index in [1.165, 1.54) is 18.2 Å². The smallest absolute Gasteiger partial charge is 0.250 e. The van der Waals surface area contributed by atoms with Crippen molar-refractivity contribution < 1.29 is 9.18 Å². The highest BCUT2D eigenvalue weighted by molar-refractivity contribution is 7.80. The molecule has 1 N–H and O–H groups in total. The molecule has 0 bridgehead atoms. The summed E-state index contributed by atoms with van der Waals surface area (Å²) in [4.78, 5) is 13.8. The van der Waals surface area contributed by atoms with Gasteiger partial charge in [-0.15, -0.1) is 0 Å². The third-order valence-electron chi connectivity index (χ3n) is 3.16. The molecule has 0 aromatic heterocycles. The molecule has 0 fully saturated rings. The van der Waals surface area contributed by atoms with Gasteiger partial charge in [-0.1, -0.05) is 30.3 Å². The van der Waals surface area contributed by atoms with Gasteiger partial charge in [0.25, 0.3) is 0 Å². The van der Waals surface area contributed by atoms with Crippen molar-refractivity contribution in [2.24, 2.45) is 0 Å². The van der Waals surface area contributed by atoms with Crippen LogP contribution in [-0.4, -0.2) is 17.6 Å². The average molecular weight is 328 g/mol. The Kier molecular flexibility index (Phi) is 6.00. The van der Waals surface area contributed by atoms with Crippen molar-refractivity contribution >= 4 is 35.0 Å². The fourth-order valence-electron chi connectivity index (χ4n) is 2.01. The summed E-state index contributed by atoms with van der Waals surface area (Å²) >= 11 is 5.29. The second-order valence-corrected chi connectivity index (χ2v) is 5.15. The lowest BCUT2D eigenvalue weighted by Crippen LogP contribution is -2.42. The number of carbonyl (C=O) groups excluding carboxylic acids is 1. The lowest BCUT2D eigenvalue weighted by Gasteiger charge is -2.23. The summed E-state index contributed by atoms with van der Waals surface area (Å²) in [6.45, 7) is 2.60. The van der Waals surface area contributed by atoms with E-state index in [1.54, 1.807) is 18.2 Å². The van der Waals surface area contributed by atoms with Crippen molar-refractivity contribution in [3.8, 4) is 0 Å². The molecule has 0 saturated carbocycles. The minimum atomic E-state index is -0.325. The molecule has 23 heavy (non-hydrogen) atoms. The van der Waals surface area contributed by atoms with Gasteiger partial charge in [0.15, 0.2) is 5.11 Å². The largest absolute Gasteiger partial charge is 0.319 e. The molecule has 0 saturated heterocycles. The van der Waals surface area contributed by atoms with E-state index in [0.29, 0.717) is 11.7 Å². The summed E-state index contributed by atoms with van der Waals surface area (Å²) in [6, 6.07) is 15.5. The zero-order valence-electron chi connectivity index (χ0n) is 12.7. The third-order valence-corrected chi connectivity index (χ3v) is 3.48. The van der Waals surface area contributed by atoms with Gasteiger partial charge in [-0.2, -0.15) is 0 Å². The Hall–Kier alpha value is -2.53. The predicted octanol–water partition coefficient (Wildman–Crippen LogP) is 3.77. The van der Waals surface area contributed by atoms with Crippen molar-refractivity contribution in [2.45, 2.75) is 6.92 Å². The van der Waals surface area contributed by atoms with Crippen molar-refractivity contribution in [3.05, 3.63) is 72.1 Å². The van der Waals surface area contributed by atoms with Crippen LogP contribution in [0.15, 0.2) is 60.7 Å². The van der Waals surface area contributed by atoms with E-state index in [2.05, 4.69) is 5.32 Å². The summed E-state index contributed by atoms with van der Waals surface area (Å²) in [5, 5.41) is 3.01. The van der Waals surface area contributed by atoms with Crippen molar-refractivity contribution in [3.63, 3.8) is 0 Å². The van der Waals surface area contributed by atoms with Crippen molar-refractivity contribution in [1.29, 1.82) is 0 Å². The topological polar surface area (TPSA) is 32.3 Å². The van der Waals surface area contributed by atoms with Gasteiger partial charge in [0.05, 0.1) is 0 Å². The maximum Gasteiger partial charge on any atom is 0.250 e. The second kappa shape index (κ2) is 8.19. The highest BCUT2D eigenvalue weighted by Crippen LogP contribution is 2.13. The molecule has 0 spiro atoms. The first kappa shape index (κ1) is 16.8. The van der Waals surface area contributed by atoms with Crippen LogP contribution in [0.3, 0.4) is 0 Å². The summed E-state index contributed by atoms with van der Waals surface area (Å²) < 4.78 is 12.8. The average Bonchev–Trinajstić information content (AvgIpc) is 2.56. The number of nitrogens with one attached hydrogen (secondary N) is 1. The van der Waals surface area contributed by atoms with Crippen LogP contribution in [0.4, 0.5) is 10.1 Å². The summed E-state index contributed by atoms with van der Waals surface area (Å²) in [5.74, 6) is -0.636. The van der Waals surface area contributed by atoms with E-state index in [0.717, 1.165) is 11.3 Å². The van der Waals surface area contributed by atoms with Gasteiger partial charge in [0.2, 0.25) is 5.91 Å². The minimum absolute atomic E-state index is 0.311. The molecule has 1 amide bonds. The Morgan fingerprint density at radius 3 is 2.43 bits per heavy atom. The first-order valence-electron chi connectivity index (χ1n) is 7.21. The lowest BCUT2D eigenvalue weighted by atomic mass is 10.2. The maximum atomic E-state index is 12.8. The second-order valence-electron chi connectivity index (χ2n) is 4.76. The van der Waals surface area contributed by atoms with E-state index < -0.39 is 0 Å². The summed E-state index contributed by atoms with van der Waals surface area (Å²) in [6.07, 6.45) is 2.98. The Bertz CT molecular complexity index is 699. The van der Waals surface area contributed by atoms with Crippen LogP contribution in [-0.2, 0) is 4.79 Å². The number of anilines is 1. The van der Waals surface area contributed by atoms with Crippen LogP contribution in [0.2, 0.25) is 0 Å². The molecular weight excluding hydrogens is 311 g/mol. The molecule has 0 aliphatic rings. The number of carbonyl (C=O) groups is 1. The minimum Gasteiger partial charge on any atom is -0.319 e. The van der Waals surface area contributed by atoms with E-state index in [9.17, 15) is 9.18 Å². The van der Waals surface area contributed by atoms with Gasteiger partial charge in [-0.05, 0) is 55.0 Å². The van der Waals surface area contributed by atoms with Gasteiger partial charge in [-0.25, -0.2) is 4.39 Å². The third kappa shape index (κ3) is 5.00. The molecule has 0 heterocycles. The molecule has 0 aliphatic carbocycles. The molecule has 2 rings (SSSR count). The summed E-state index contributed by atoms with van der Waals surface area (Å²) in [7, 11) is 0. The number of amides is 1. The fourth-order valence-corrected chi connectivity index (χ4v) is 2.35. The molecular formula is C18H17FN2OS. The van der Waals surface area contributed by atoms with Gasteiger partial charge in [-0.3, -0.25) is 10.1 Å². The number of hydrogen-bond acceptors (Lipinski definition) is 2. The Morgan fingerprint density at radius 2 is 1.83 bits per heavy atom. The van der Waals surface area contributed by atoms with Crippen molar-refractivity contribution in [2.75, 3.05) is 11.4 Å². The molecule has 118 valence electrons. The molecule has 2 aromatic rings. The normalized spacial score (nSPS) is 10.5. The van der Waals surface area contributed by atoms with Gasteiger partial charge >= 0.3 is 0 Å². The number of rotatable bonds is 4. The molecule has 0 radical (unpaired) electrons. The number of hydrogen-bond donors (Lipinski definition) is 1. The number of nitrogens with zero attached hydrogens (tertiary/aromatic N) is 1. The van der Waals surface area contributed by atoms with Crippen LogP contribution in [0.25, 0.3) is 6.08 Å². The Morgan fingerprint density at radius 1 is 1.17 bits per heavy atom. The molecule has 0 aliphatic heterocycles. The highest BCUT2D eigenvalue weighted by atomic mass is 32.1. The van der Waals surface area contributed by atoms with E-state index >= 15 is 0 Å². The van der Waals surface area contributed by atoms with Gasteiger partial charge < -0.3 is 4.90 Å². The van der Waals surface area contributed by atoms with Crippen LogP contribution in [0, 0.1) is 5.82 Å². The number of para-hydroxylation sites is 1. The van der Waals surface area contributed by atoms with Gasteiger partial charge in [0.1, 0.15) is 5.82 Å². The first-order valence-corrected chi connectivity index (χ1v) is 7.62.